The van der Waals surface area contributed by atoms with Gasteiger partial charge >= 0.3 is 5.97 Å². The van der Waals surface area contributed by atoms with Crippen LogP contribution in [-0.4, -0.2) is 30.6 Å². The van der Waals surface area contributed by atoms with Crippen LogP contribution in [-0.2, 0) is 9.53 Å². The van der Waals surface area contributed by atoms with Crippen LogP contribution < -0.4 is 10.6 Å². The number of benzene rings is 2. The van der Waals surface area contributed by atoms with E-state index in [1.54, 1.807) is 24.3 Å². The van der Waals surface area contributed by atoms with Crippen molar-refractivity contribution in [3.8, 4) is 0 Å². The largest absolute Gasteiger partial charge is 0.456 e. The first kappa shape index (κ1) is 24.1. The molecule has 6 heteroatoms. The lowest BCUT2D eigenvalue weighted by atomic mass is 9.81. The number of primary amides is 1. The molecule has 2 N–H and O–H groups in total. The van der Waals surface area contributed by atoms with Gasteiger partial charge in [0.1, 0.15) is 5.60 Å². The van der Waals surface area contributed by atoms with Crippen molar-refractivity contribution >= 4 is 29.2 Å². The second-order valence-corrected chi connectivity index (χ2v) is 9.98. The second-order valence-electron chi connectivity index (χ2n) is 9.54. The third kappa shape index (κ3) is 5.83. The van der Waals surface area contributed by atoms with Crippen molar-refractivity contribution in [1.29, 1.82) is 0 Å². The average Bonchev–Trinajstić information content (AvgIpc) is 2.73. The Balaban J connectivity index is 1.92. The molecule has 0 aliphatic carbocycles. The zero-order valence-corrected chi connectivity index (χ0v) is 20.1. The van der Waals surface area contributed by atoms with E-state index in [1.807, 2.05) is 45.9 Å². The predicted molar refractivity (Wildman–Crippen MR) is 129 cm³/mol. The van der Waals surface area contributed by atoms with Gasteiger partial charge in [-0.1, -0.05) is 30.7 Å². The number of rotatable bonds is 6. The Bertz CT molecular complexity index is 960. The van der Waals surface area contributed by atoms with Gasteiger partial charge < -0.3 is 15.4 Å². The van der Waals surface area contributed by atoms with E-state index in [9.17, 15) is 9.59 Å². The van der Waals surface area contributed by atoms with E-state index >= 15 is 0 Å². The summed E-state index contributed by atoms with van der Waals surface area (Å²) in [6.45, 7) is 9.48. The number of ether oxygens (including phenoxy) is 1. The van der Waals surface area contributed by atoms with E-state index in [2.05, 4.69) is 4.90 Å². The monoisotopic (exact) mass is 456 g/mol. The number of amides is 1. The van der Waals surface area contributed by atoms with Crippen LogP contribution in [0.25, 0.3) is 0 Å². The van der Waals surface area contributed by atoms with Crippen molar-refractivity contribution in [2.75, 3.05) is 18.0 Å². The molecule has 0 radical (unpaired) electrons. The maximum absolute atomic E-state index is 12.6. The van der Waals surface area contributed by atoms with Crippen LogP contribution in [0.3, 0.4) is 0 Å². The number of esters is 1. The van der Waals surface area contributed by atoms with Crippen LogP contribution in [0.15, 0.2) is 42.5 Å². The Labute approximate surface area is 195 Å². The van der Waals surface area contributed by atoms with Crippen LogP contribution in [0.1, 0.15) is 80.3 Å². The number of halogens is 1. The Morgan fingerprint density at radius 1 is 1.03 bits per heavy atom. The fraction of sp³-hybridized carbons (Fsp3) is 0.462. The third-order valence-electron chi connectivity index (χ3n) is 5.89. The Hall–Kier alpha value is -2.53. The van der Waals surface area contributed by atoms with Crippen LogP contribution >= 0.6 is 11.6 Å². The number of anilines is 1. The standard InChI is InChI=1S/C26H33ClN2O3/c1-17(21-16-20(27)12-13-22(21)29-14-6-5-7-15-29)23(24(28)30)18-8-10-19(11-9-18)25(31)32-26(2,3)4/h8-13,16-17,23H,5-7,14-15H2,1-4H3,(H2,28,30). The van der Waals surface area contributed by atoms with Crippen molar-refractivity contribution in [3.05, 3.63) is 64.2 Å². The first-order valence-electron chi connectivity index (χ1n) is 11.2. The van der Waals surface area contributed by atoms with E-state index in [0.717, 1.165) is 42.7 Å². The minimum atomic E-state index is -0.572. The van der Waals surface area contributed by atoms with Gasteiger partial charge in [0.25, 0.3) is 0 Å². The highest BCUT2D eigenvalue weighted by Gasteiger charge is 2.30. The van der Waals surface area contributed by atoms with Gasteiger partial charge in [-0.15, -0.1) is 0 Å². The molecule has 1 saturated heterocycles. The van der Waals surface area contributed by atoms with Gasteiger partial charge in [-0.2, -0.15) is 0 Å². The van der Waals surface area contributed by atoms with Gasteiger partial charge in [0.2, 0.25) is 5.91 Å². The van der Waals surface area contributed by atoms with Gasteiger partial charge in [0.05, 0.1) is 11.5 Å². The average molecular weight is 457 g/mol. The quantitative estimate of drug-likeness (QED) is 0.569. The van der Waals surface area contributed by atoms with Crippen molar-refractivity contribution < 1.29 is 14.3 Å². The molecule has 0 spiro atoms. The topological polar surface area (TPSA) is 72.6 Å². The second kappa shape index (κ2) is 9.95. The highest BCUT2D eigenvalue weighted by Crippen LogP contribution is 2.39. The van der Waals surface area contributed by atoms with Crippen LogP contribution in [0.2, 0.25) is 5.02 Å². The summed E-state index contributed by atoms with van der Waals surface area (Å²) < 4.78 is 5.43. The number of nitrogens with zero attached hydrogens (tertiary/aromatic N) is 1. The first-order chi connectivity index (χ1) is 15.1. The zero-order valence-electron chi connectivity index (χ0n) is 19.4. The smallest absolute Gasteiger partial charge is 0.338 e. The SMILES string of the molecule is CC(c1cc(Cl)ccc1N1CCCCC1)C(C(N)=O)c1ccc(C(=O)OC(C)(C)C)cc1. The number of carbonyl (C=O) groups excluding carboxylic acids is 2. The van der Waals surface area contributed by atoms with Gasteiger partial charge in [-0.05, 0) is 87.4 Å². The van der Waals surface area contributed by atoms with Gasteiger partial charge in [-0.3, -0.25) is 4.79 Å². The van der Waals surface area contributed by atoms with E-state index in [0.29, 0.717) is 10.6 Å². The molecule has 1 aliphatic heterocycles. The summed E-state index contributed by atoms with van der Waals surface area (Å²) in [5, 5.41) is 0.635. The van der Waals surface area contributed by atoms with Crippen molar-refractivity contribution in [2.24, 2.45) is 5.73 Å². The predicted octanol–water partition coefficient (Wildman–Crippen LogP) is 5.66. The molecule has 0 aromatic heterocycles. The maximum atomic E-state index is 12.6. The molecule has 5 nitrogen and oxygen atoms in total. The van der Waals surface area contributed by atoms with Crippen molar-refractivity contribution in [3.63, 3.8) is 0 Å². The summed E-state index contributed by atoms with van der Waals surface area (Å²) in [5.41, 5.74) is 8.64. The fourth-order valence-corrected chi connectivity index (χ4v) is 4.54. The van der Waals surface area contributed by atoms with Crippen LogP contribution in [0.5, 0.6) is 0 Å². The molecule has 2 aromatic carbocycles. The molecule has 1 aliphatic rings. The fourth-order valence-electron chi connectivity index (χ4n) is 4.36. The Morgan fingerprint density at radius 3 is 2.22 bits per heavy atom. The molecule has 0 bridgehead atoms. The van der Waals surface area contributed by atoms with E-state index in [1.165, 1.54) is 6.42 Å². The van der Waals surface area contributed by atoms with Crippen molar-refractivity contribution in [1.82, 2.24) is 0 Å². The highest BCUT2D eigenvalue weighted by molar-refractivity contribution is 6.30. The van der Waals surface area contributed by atoms with Crippen LogP contribution in [0.4, 0.5) is 5.69 Å². The molecule has 1 heterocycles. The molecule has 1 fully saturated rings. The van der Waals surface area contributed by atoms with E-state index in [4.69, 9.17) is 22.1 Å². The molecular formula is C26H33ClN2O3. The molecule has 0 saturated carbocycles. The molecule has 2 unspecified atom stereocenters. The Kier molecular flexibility index (Phi) is 7.50. The van der Waals surface area contributed by atoms with Gasteiger partial charge in [-0.25, -0.2) is 4.79 Å². The lowest BCUT2D eigenvalue weighted by Crippen LogP contribution is -2.32. The van der Waals surface area contributed by atoms with Gasteiger partial charge in [0, 0.05) is 23.8 Å². The minimum absolute atomic E-state index is 0.185. The zero-order chi connectivity index (χ0) is 23.5. The molecule has 1 amide bonds. The summed E-state index contributed by atoms with van der Waals surface area (Å²) in [4.78, 5) is 27.3. The normalized spacial score (nSPS) is 16.3. The molecule has 172 valence electrons. The number of hydrogen-bond donors (Lipinski definition) is 1. The lowest BCUT2D eigenvalue weighted by Gasteiger charge is -2.33. The lowest BCUT2D eigenvalue weighted by molar-refractivity contribution is -0.119. The number of carbonyl (C=O) groups is 2. The third-order valence-corrected chi connectivity index (χ3v) is 6.12. The number of nitrogens with two attached hydrogens (primary N) is 1. The summed E-state index contributed by atoms with van der Waals surface area (Å²) >= 11 is 6.35. The van der Waals surface area contributed by atoms with Crippen LogP contribution in [0, 0.1) is 0 Å². The molecule has 2 atom stereocenters. The highest BCUT2D eigenvalue weighted by atomic mass is 35.5. The molecular weight excluding hydrogens is 424 g/mol. The first-order valence-corrected chi connectivity index (χ1v) is 11.6. The Morgan fingerprint density at radius 2 is 1.66 bits per heavy atom. The van der Waals surface area contributed by atoms with Crippen molar-refractivity contribution in [2.45, 2.75) is 64.4 Å². The summed E-state index contributed by atoms with van der Waals surface area (Å²) in [6.07, 6.45) is 3.55. The van der Waals surface area contributed by atoms with Gasteiger partial charge in [0.15, 0.2) is 0 Å². The molecule has 3 rings (SSSR count). The summed E-state index contributed by atoms with van der Waals surface area (Å²) in [5.74, 6) is -1.54. The number of hydrogen-bond acceptors (Lipinski definition) is 4. The molecule has 2 aromatic rings. The maximum Gasteiger partial charge on any atom is 0.338 e. The minimum Gasteiger partial charge on any atom is -0.456 e. The molecule has 32 heavy (non-hydrogen) atoms. The summed E-state index contributed by atoms with van der Waals surface area (Å²) in [6, 6.07) is 12.8. The van der Waals surface area contributed by atoms with E-state index in [-0.39, 0.29) is 5.92 Å². The summed E-state index contributed by atoms with van der Waals surface area (Å²) in [7, 11) is 0. The number of piperidine rings is 1. The van der Waals surface area contributed by atoms with E-state index < -0.39 is 23.4 Å².